The molecular weight excluding hydrogens is 300 g/mol. The molecular formula is C18H22N6. The molecule has 4 heterocycles. The third kappa shape index (κ3) is 2.89. The maximum atomic E-state index is 4.69. The van der Waals surface area contributed by atoms with Crippen molar-refractivity contribution in [2.75, 3.05) is 13.1 Å². The molecule has 4 rings (SSSR count). The fraction of sp³-hybridized carbons (Fsp3) is 0.444. The molecule has 0 radical (unpaired) electrons. The molecule has 3 aromatic heterocycles. The predicted octanol–water partition coefficient (Wildman–Crippen LogP) is 2.52. The average molecular weight is 322 g/mol. The Morgan fingerprint density at radius 1 is 1.29 bits per heavy atom. The minimum Gasteiger partial charge on any atom is -0.298 e. The Morgan fingerprint density at radius 3 is 3.04 bits per heavy atom. The molecule has 1 aliphatic rings. The molecule has 0 amide bonds. The minimum atomic E-state index is 0.486. The Balaban J connectivity index is 1.55. The van der Waals surface area contributed by atoms with E-state index in [9.17, 15) is 0 Å². The Morgan fingerprint density at radius 2 is 2.21 bits per heavy atom. The number of rotatable bonds is 3. The topological polar surface area (TPSA) is 59.2 Å². The van der Waals surface area contributed by atoms with E-state index < -0.39 is 0 Å². The normalized spacial score (nSPS) is 19.0. The van der Waals surface area contributed by atoms with E-state index in [1.165, 1.54) is 18.4 Å². The fourth-order valence-electron chi connectivity index (χ4n) is 3.65. The first-order chi connectivity index (χ1) is 11.7. The molecule has 1 fully saturated rings. The van der Waals surface area contributed by atoms with Crippen LogP contribution in [0.15, 0.2) is 30.9 Å². The lowest BCUT2D eigenvalue weighted by Gasteiger charge is -2.32. The summed E-state index contributed by atoms with van der Waals surface area (Å²) in [6, 6.07) is 4.10. The monoisotopic (exact) mass is 322 g/mol. The molecule has 1 aliphatic heterocycles. The van der Waals surface area contributed by atoms with Crippen LogP contribution in [0.4, 0.5) is 0 Å². The standard InChI is InChI=1S/C18H22N6/c1-13-8-14(2)24-18(22-13)16(9-21-24)11-23-7-3-4-15(10-23)17-5-6-19-12-20-17/h5-6,8-9,12,15H,3-4,7,10-11H2,1-2H3. The molecule has 1 atom stereocenters. The van der Waals surface area contributed by atoms with Crippen LogP contribution in [-0.2, 0) is 6.54 Å². The van der Waals surface area contributed by atoms with Gasteiger partial charge in [0.2, 0.25) is 0 Å². The number of nitrogens with zero attached hydrogens (tertiary/aromatic N) is 6. The summed E-state index contributed by atoms with van der Waals surface area (Å²) in [6.45, 7) is 7.14. The molecule has 0 spiro atoms. The molecule has 1 unspecified atom stereocenters. The van der Waals surface area contributed by atoms with E-state index in [0.29, 0.717) is 5.92 Å². The van der Waals surface area contributed by atoms with Gasteiger partial charge in [0.1, 0.15) is 6.33 Å². The molecule has 6 nitrogen and oxygen atoms in total. The van der Waals surface area contributed by atoms with Crippen molar-refractivity contribution in [3.05, 3.63) is 53.5 Å². The highest BCUT2D eigenvalue weighted by atomic mass is 15.3. The van der Waals surface area contributed by atoms with Gasteiger partial charge in [-0.25, -0.2) is 19.5 Å². The third-order valence-electron chi connectivity index (χ3n) is 4.77. The number of aryl methyl sites for hydroxylation is 2. The first kappa shape index (κ1) is 15.2. The van der Waals surface area contributed by atoms with E-state index in [4.69, 9.17) is 4.98 Å². The molecule has 3 aromatic rings. The van der Waals surface area contributed by atoms with Gasteiger partial charge in [0.15, 0.2) is 5.65 Å². The summed E-state index contributed by atoms with van der Waals surface area (Å²) < 4.78 is 1.94. The number of fused-ring (bicyclic) bond motifs is 1. The van der Waals surface area contributed by atoms with Crippen molar-refractivity contribution in [1.82, 2.24) is 29.5 Å². The summed E-state index contributed by atoms with van der Waals surface area (Å²) in [7, 11) is 0. The SMILES string of the molecule is Cc1cc(C)n2ncc(CN3CCCC(c4ccncn4)C3)c2n1. The molecule has 0 N–H and O–H groups in total. The van der Waals surface area contributed by atoms with Crippen molar-refractivity contribution >= 4 is 5.65 Å². The van der Waals surface area contributed by atoms with Gasteiger partial charge in [-0.1, -0.05) is 0 Å². The Labute approximate surface area is 141 Å². The van der Waals surface area contributed by atoms with Gasteiger partial charge in [-0.2, -0.15) is 5.10 Å². The summed E-state index contributed by atoms with van der Waals surface area (Å²) in [4.78, 5) is 15.7. The molecule has 1 saturated heterocycles. The van der Waals surface area contributed by atoms with Crippen LogP contribution in [0.2, 0.25) is 0 Å². The Bertz CT molecular complexity index is 841. The number of likely N-dealkylation sites (tertiary alicyclic amines) is 1. The summed E-state index contributed by atoms with van der Waals surface area (Å²) in [5.74, 6) is 0.486. The van der Waals surface area contributed by atoms with Gasteiger partial charge in [-0.3, -0.25) is 4.90 Å². The number of hydrogen-bond donors (Lipinski definition) is 0. The van der Waals surface area contributed by atoms with Gasteiger partial charge in [-0.15, -0.1) is 0 Å². The molecule has 0 aromatic carbocycles. The highest BCUT2D eigenvalue weighted by molar-refractivity contribution is 5.47. The summed E-state index contributed by atoms with van der Waals surface area (Å²) in [5, 5.41) is 4.51. The second-order valence-electron chi connectivity index (χ2n) is 6.65. The first-order valence-corrected chi connectivity index (χ1v) is 8.50. The first-order valence-electron chi connectivity index (χ1n) is 8.50. The molecule has 124 valence electrons. The highest BCUT2D eigenvalue weighted by Crippen LogP contribution is 2.26. The van der Waals surface area contributed by atoms with Gasteiger partial charge in [0.05, 0.1) is 6.20 Å². The van der Waals surface area contributed by atoms with Crippen molar-refractivity contribution in [2.24, 2.45) is 0 Å². The largest absolute Gasteiger partial charge is 0.298 e. The van der Waals surface area contributed by atoms with Crippen LogP contribution in [0.1, 0.15) is 41.4 Å². The zero-order valence-corrected chi connectivity index (χ0v) is 14.2. The van der Waals surface area contributed by atoms with Gasteiger partial charge in [0.25, 0.3) is 0 Å². The lowest BCUT2D eigenvalue weighted by Crippen LogP contribution is -2.34. The average Bonchev–Trinajstić information content (AvgIpc) is 2.99. The molecule has 0 saturated carbocycles. The zero-order chi connectivity index (χ0) is 16.5. The van der Waals surface area contributed by atoms with Crippen molar-refractivity contribution in [1.29, 1.82) is 0 Å². The maximum absolute atomic E-state index is 4.69. The third-order valence-corrected chi connectivity index (χ3v) is 4.77. The number of piperidine rings is 1. The Hall–Kier alpha value is -2.34. The predicted molar refractivity (Wildman–Crippen MR) is 91.7 cm³/mol. The fourth-order valence-corrected chi connectivity index (χ4v) is 3.65. The van der Waals surface area contributed by atoms with Crippen LogP contribution >= 0.6 is 0 Å². The van der Waals surface area contributed by atoms with E-state index in [1.54, 1.807) is 6.33 Å². The second kappa shape index (κ2) is 6.28. The lowest BCUT2D eigenvalue weighted by molar-refractivity contribution is 0.199. The van der Waals surface area contributed by atoms with E-state index >= 15 is 0 Å². The smallest absolute Gasteiger partial charge is 0.159 e. The number of hydrogen-bond acceptors (Lipinski definition) is 5. The quantitative estimate of drug-likeness (QED) is 0.741. The van der Waals surface area contributed by atoms with Gasteiger partial charge < -0.3 is 0 Å². The van der Waals surface area contributed by atoms with Crippen molar-refractivity contribution < 1.29 is 0 Å². The summed E-state index contributed by atoms with van der Waals surface area (Å²) in [5.41, 5.74) is 5.50. The van der Waals surface area contributed by atoms with Crippen LogP contribution in [0.5, 0.6) is 0 Å². The van der Waals surface area contributed by atoms with Crippen LogP contribution in [-0.4, -0.2) is 42.6 Å². The van der Waals surface area contributed by atoms with Crippen LogP contribution < -0.4 is 0 Å². The van der Waals surface area contributed by atoms with Gasteiger partial charge in [0, 0.05) is 47.8 Å². The summed E-state index contributed by atoms with van der Waals surface area (Å²) in [6.07, 6.45) is 7.83. The lowest BCUT2D eigenvalue weighted by atomic mass is 9.94. The van der Waals surface area contributed by atoms with E-state index in [-0.39, 0.29) is 0 Å². The second-order valence-corrected chi connectivity index (χ2v) is 6.65. The van der Waals surface area contributed by atoms with Crippen LogP contribution in [0.3, 0.4) is 0 Å². The van der Waals surface area contributed by atoms with E-state index in [0.717, 1.165) is 42.4 Å². The van der Waals surface area contributed by atoms with Crippen LogP contribution in [0, 0.1) is 13.8 Å². The van der Waals surface area contributed by atoms with Crippen molar-refractivity contribution in [3.63, 3.8) is 0 Å². The van der Waals surface area contributed by atoms with Crippen molar-refractivity contribution in [3.8, 4) is 0 Å². The molecule has 6 heteroatoms. The highest BCUT2D eigenvalue weighted by Gasteiger charge is 2.23. The van der Waals surface area contributed by atoms with Gasteiger partial charge >= 0.3 is 0 Å². The summed E-state index contributed by atoms with van der Waals surface area (Å²) >= 11 is 0. The van der Waals surface area contributed by atoms with Crippen LogP contribution in [0.25, 0.3) is 5.65 Å². The number of aromatic nitrogens is 5. The molecule has 0 aliphatic carbocycles. The minimum absolute atomic E-state index is 0.486. The van der Waals surface area contributed by atoms with Crippen molar-refractivity contribution in [2.45, 2.75) is 39.2 Å². The Kier molecular flexibility index (Phi) is 3.98. The van der Waals surface area contributed by atoms with Gasteiger partial charge in [-0.05, 0) is 45.4 Å². The molecule has 0 bridgehead atoms. The zero-order valence-electron chi connectivity index (χ0n) is 14.2. The molecule has 24 heavy (non-hydrogen) atoms. The van der Waals surface area contributed by atoms with E-state index in [1.807, 2.05) is 29.9 Å². The maximum Gasteiger partial charge on any atom is 0.159 e. The van der Waals surface area contributed by atoms with E-state index in [2.05, 4.69) is 33.0 Å².